The predicted molar refractivity (Wildman–Crippen MR) is 74.0 cm³/mol. The Hall–Kier alpha value is -1.22. The standard InChI is InChI=1S/C11H14ClN3O4S/c12-8-5-4-7(6-11(8)15(16)17)20(18,19)14-10-3-1-2-9(10)13/h4-6,9-10,14H,1-3,13H2. The van der Waals surface area contributed by atoms with E-state index in [0.29, 0.717) is 6.42 Å². The molecule has 2 atom stereocenters. The molecule has 3 N–H and O–H groups in total. The van der Waals surface area contributed by atoms with Gasteiger partial charge in [-0.05, 0) is 25.0 Å². The predicted octanol–water partition coefficient (Wildman–Crippen LogP) is 1.41. The number of nitro groups is 1. The van der Waals surface area contributed by atoms with Gasteiger partial charge in [-0.2, -0.15) is 0 Å². The molecule has 1 fully saturated rings. The van der Waals surface area contributed by atoms with Crippen molar-refractivity contribution in [2.45, 2.75) is 36.2 Å². The summed E-state index contributed by atoms with van der Waals surface area (Å²) >= 11 is 5.66. The normalized spacial score (nSPS) is 22.9. The summed E-state index contributed by atoms with van der Waals surface area (Å²) in [6.45, 7) is 0. The zero-order valence-electron chi connectivity index (χ0n) is 10.5. The molecule has 2 unspecified atom stereocenters. The zero-order valence-corrected chi connectivity index (χ0v) is 12.0. The summed E-state index contributed by atoms with van der Waals surface area (Å²) in [5.41, 5.74) is 5.37. The first-order chi connectivity index (χ1) is 9.31. The summed E-state index contributed by atoms with van der Waals surface area (Å²) in [4.78, 5) is 9.88. The summed E-state index contributed by atoms with van der Waals surface area (Å²) in [6, 6.07) is 2.81. The van der Waals surface area contributed by atoms with Gasteiger partial charge in [-0.1, -0.05) is 18.0 Å². The molecule has 0 aromatic heterocycles. The van der Waals surface area contributed by atoms with Gasteiger partial charge in [-0.25, -0.2) is 13.1 Å². The van der Waals surface area contributed by atoms with Crippen molar-refractivity contribution in [2.75, 3.05) is 0 Å². The van der Waals surface area contributed by atoms with Crippen LogP contribution >= 0.6 is 11.6 Å². The van der Waals surface area contributed by atoms with Crippen molar-refractivity contribution in [2.24, 2.45) is 5.73 Å². The summed E-state index contributed by atoms with van der Waals surface area (Å²) in [7, 11) is -3.84. The van der Waals surface area contributed by atoms with Crippen molar-refractivity contribution in [3.63, 3.8) is 0 Å². The molecule has 9 heteroatoms. The van der Waals surface area contributed by atoms with Gasteiger partial charge in [0.1, 0.15) is 5.02 Å². The lowest BCUT2D eigenvalue weighted by Crippen LogP contribution is -2.43. The smallest absolute Gasteiger partial charge is 0.289 e. The molecule has 7 nitrogen and oxygen atoms in total. The van der Waals surface area contributed by atoms with Gasteiger partial charge >= 0.3 is 0 Å². The Morgan fingerprint density at radius 2 is 2.10 bits per heavy atom. The van der Waals surface area contributed by atoms with Crippen LogP contribution in [-0.2, 0) is 10.0 Å². The average Bonchev–Trinajstić information content (AvgIpc) is 2.74. The summed E-state index contributed by atoms with van der Waals surface area (Å²) in [5.74, 6) is 0. The van der Waals surface area contributed by atoms with E-state index in [0.717, 1.165) is 18.9 Å². The molecule has 1 aliphatic rings. The Morgan fingerprint density at radius 3 is 2.65 bits per heavy atom. The molecule has 0 saturated heterocycles. The minimum absolute atomic E-state index is 0.105. The number of rotatable bonds is 4. The molecule has 20 heavy (non-hydrogen) atoms. The number of nitro benzene ring substituents is 1. The van der Waals surface area contributed by atoms with E-state index in [4.69, 9.17) is 17.3 Å². The maximum absolute atomic E-state index is 12.2. The van der Waals surface area contributed by atoms with E-state index in [1.165, 1.54) is 12.1 Å². The number of nitrogens with two attached hydrogens (primary N) is 1. The Balaban J connectivity index is 2.30. The molecule has 110 valence electrons. The van der Waals surface area contributed by atoms with Crippen molar-refractivity contribution in [3.05, 3.63) is 33.3 Å². The minimum Gasteiger partial charge on any atom is -0.326 e. The van der Waals surface area contributed by atoms with E-state index < -0.39 is 20.6 Å². The number of hydrogen-bond donors (Lipinski definition) is 2. The number of halogens is 1. The Kier molecular flexibility index (Phi) is 4.28. The van der Waals surface area contributed by atoms with Crippen LogP contribution in [0.4, 0.5) is 5.69 Å². The van der Waals surface area contributed by atoms with Crippen molar-refractivity contribution in [3.8, 4) is 0 Å². The molecule has 1 aromatic rings. The number of sulfonamides is 1. The summed E-state index contributed by atoms with van der Waals surface area (Å²) in [5, 5.41) is 10.7. The van der Waals surface area contributed by atoms with E-state index in [2.05, 4.69) is 4.72 Å². The van der Waals surface area contributed by atoms with Crippen molar-refractivity contribution >= 4 is 27.3 Å². The van der Waals surface area contributed by atoms with Crippen LogP contribution in [0.15, 0.2) is 23.1 Å². The maximum Gasteiger partial charge on any atom is 0.289 e. The maximum atomic E-state index is 12.2. The fourth-order valence-corrected chi connectivity index (χ4v) is 3.73. The third-order valence-corrected chi connectivity index (χ3v) is 5.11. The van der Waals surface area contributed by atoms with Crippen LogP contribution < -0.4 is 10.5 Å². The Labute approximate surface area is 121 Å². The highest BCUT2D eigenvalue weighted by Gasteiger charge is 2.29. The zero-order chi connectivity index (χ0) is 14.9. The molecular formula is C11H14ClN3O4S. The number of hydrogen-bond acceptors (Lipinski definition) is 5. The van der Waals surface area contributed by atoms with E-state index >= 15 is 0 Å². The molecule has 1 saturated carbocycles. The second-order valence-electron chi connectivity index (χ2n) is 4.69. The third kappa shape index (κ3) is 3.09. The molecule has 0 amide bonds. The Morgan fingerprint density at radius 1 is 1.40 bits per heavy atom. The number of benzene rings is 1. The fraction of sp³-hybridized carbons (Fsp3) is 0.455. The molecule has 0 spiro atoms. The first-order valence-corrected chi connectivity index (χ1v) is 7.89. The third-order valence-electron chi connectivity index (χ3n) is 3.30. The molecule has 2 rings (SSSR count). The van der Waals surface area contributed by atoms with Crippen LogP contribution in [-0.4, -0.2) is 25.4 Å². The first kappa shape index (κ1) is 15.2. The van der Waals surface area contributed by atoms with Crippen LogP contribution in [0, 0.1) is 10.1 Å². The van der Waals surface area contributed by atoms with Crippen LogP contribution in [0.3, 0.4) is 0 Å². The largest absolute Gasteiger partial charge is 0.326 e. The summed E-state index contributed by atoms with van der Waals surface area (Å²) in [6.07, 6.45) is 2.28. The van der Waals surface area contributed by atoms with Gasteiger partial charge in [0, 0.05) is 18.2 Å². The Bertz CT molecular complexity index is 635. The van der Waals surface area contributed by atoms with Crippen molar-refractivity contribution in [1.29, 1.82) is 0 Å². The molecule has 1 aromatic carbocycles. The number of nitrogens with zero attached hydrogens (tertiary/aromatic N) is 1. The van der Waals surface area contributed by atoms with E-state index in [-0.39, 0.29) is 22.0 Å². The van der Waals surface area contributed by atoms with Gasteiger partial charge in [-0.3, -0.25) is 10.1 Å². The van der Waals surface area contributed by atoms with Crippen LogP contribution in [0.25, 0.3) is 0 Å². The fourth-order valence-electron chi connectivity index (χ4n) is 2.20. The average molecular weight is 320 g/mol. The van der Waals surface area contributed by atoms with Crippen LogP contribution in [0.1, 0.15) is 19.3 Å². The highest BCUT2D eigenvalue weighted by atomic mass is 35.5. The molecule has 0 heterocycles. The quantitative estimate of drug-likeness (QED) is 0.643. The first-order valence-electron chi connectivity index (χ1n) is 6.03. The summed E-state index contributed by atoms with van der Waals surface area (Å²) < 4.78 is 26.9. The highest BCUT2D eigenvalue weighted by molar-refractivity contribution is 7.89. The van der Waals surface area contributed by atoms with Gasteiger partial charge in [0.25, 0.3) is 5.69 Å². The molecule has 0 aliphatic heterocycles. The van der Waals surface area contributed by atoms with Crippen LogP contribution in [0.5, 0.6) is 0 Å². The topological polar surface area (TPSA) is 115 Å². The van der Waals surface area contributed by atoms with Crippen molar-refractivity contribution in [1.82, 2.24) is 4.72 Å². The van der Waals surface area contributed by atoms with Crippen molar-refractivity contribution < 1.29 is 13.3 Å². The molecule has 0 radical (unpaired) electrons. The van der Waals surface area contributed by atoms with E-state index in [1.807, 2.05) is 0 Å². The van der Waals surface area contributed by atoms with E-state index in [1.54, 1.807) is 0 Å². The van der Waals surface area contributed by atoms with Gasteiger partial charge in [-0.15, -0.1) is 0 Å². The monoisotopic (exact) mass is 319 g/mol. The lowest BCUT2D eigenvalue weighted by molar-refractivity contribution is -0.384. The van der Waals surface area contributed by atoms with E-state index in [9.17, 15) is 18.5 Å². The van der Waals surface area contributed by atoms with Gasteiger partial charge in [0.2, 0.25) is 10.0 Å². The minimum atomic E-state index is -3.84. The lowest BCUT2D eigenvalue weighted by Gasteiger charge is -2.17. The van der Waals surface area contributed by atoms with Gasteiger partial charge in [0.05, 0.1) is 9.82 Å². The molecular weight excluding hydrogens is 306 g/mol. The van der Waals surface area contributed by atoms with Crippen LogP contribution in [0.2, 0.25) is 5.02 Å². The second kappa shape index (κ2) is 5.65. The molecule has 1 aliphatic carbocycles. The SMILES string of the molecule is NC1CCCC1NS(=O)(=O)c1ccc(Cl)c([N+](=O)[O-])c1. The lowest BCUT2D eigenvalue weighted by atomic mass is 10.2. The molecule has 0 bridgehead atoms. The van der Waals surface area contributed by atoms with Gasteiger partial charge < -0.3 is 5.73 Å². The van der Waals surface area contributed by atoms with Gasteiger partial charge in [0.15, 0.2) is 0 Å². The second-order valence-corrected chi connectivity index (χ2v) is 6.81. The highest BCUT2D eigenvalue weighted by Crippen LogP contribution is 2.27. The number of nitrogens with one attached hydrogen (secondary N) is 1.